The van der Waals surface area contributed by atoms with Gasteiger partial charge in [-0.25, -0.2) is 0 Å². The van der Waals surface area contributed by atoms with Crippen molar-refractivity contribution in [3.8, 4) is 0 Å². The molecule has 30 nitrogen and oxygen atoms in total. The summed E-state index contributed by atoms with van der Waals surface area (Å²) in [6.45, 7) is -1.10. The number of likely N-dealkylation sites (tertiary alicyclic amines) is 3. The molecule has 0 aromatic heterocycles. The van der Waals surface area contributed by atoms with Crippen molar-refractivity contribution in [3.63, 3.8) is 0 Å². The van der Waals surface area contributed by atoms with Gasteiger partial charge in [-0.1, -0.05) is 0 Å². The van der Waals surface area contributed by atoms with Gasteiger partial charge in [0.1, 0.15) is 18.3 Å². The van der Waals surface area contributed by atoms with Crippen LogP contribution in [0.25, 0.3) is 0 Å². The van der Waals surface area contributed by atoms with E-state index in [4.69, 9.17) is 29.5 Å². The zero-order valence-electron chi connectivity index (χ0n) is 44.2. The Bertz CT molecular complexity index is 2430. The van der Waals surface area contributed by atoms with Crippen molar-refractivity contribution in [2.24, 2.45) is 11.8 Å². The number of hydrogen-bond donors (Lipinski definition) is 3. The van der Waals surface area contributed by atoms with Crippen molar-refractivity contribution >= 4 is 94.5 Å². The van der Waals surface area contributed by atoms with E-state index in [-0.39, 0.29) is 160 Å². The first kappa shape index (κ1) is 62.8. The predicted molar refractivity (Wildman–Crippen MR) is 269 cm³/mol. The standard InChI is InChI=1S/C37H40N6O15.C11H10N2O4.C4H10O3/c44-26-4-5-27(45)38(26)10-1-13-41-32(50)16-23(35(41)53)56-19-22(20-57-24-17-33(51)42(36(24)54)14-2-11-39-28(46)6-7-29(39)47)21-58-25-18-34(52)43(37(25)55)15-3-12-40-30(48)8-9-31(40)49;14-8-2-3-9(15)12(8)6-1-7-13-10(16)4-5-11(13)17;5-1-4(2-6)3-7/h4-9,22-25H,1-3,10-21H2;2-5H,1,6-7H2;4-7H,1-3H2. The van der Waals surface area contributed by atoms with Gasteiger partial charge < -0.3 is 29.5 Å². The lowest BCUT2D eigenvalue weighted by Gasteiger charge is -2.23. The van der Waals surface area contributed by atoms with Crippen molar-refractivity contribution in [2.45, 2.75) is 63.3 Å². The highest BCUT2D eigenvalue weighted by Crippen LogP contribution is 2.23. The van der Waals surface area contributed by atoms with Crippen LogP contribution in [0.4, 0.5) is 0 Å². The first-order valence-corrected chi connectivity index (χ1v) is 26.0. The molecule has 3 unspecified atom stereocenters. The van der Waals surface area contributed by atoms with Crippen LogP contribution < -0.4 is 0 Å². The first-order valence-electron chi connectivity index (χ1n) is 26.0. The number of aliphatic hydroxyl groups is 3. The molecular weight excluding hydrogens is 1090 g/mol. The summed E-state index contributed by atoms with van der Waals surface area (Å²) in [4.78, 5) is 202. The van der Waals surface area contributed by atoms with Gasteiger partial charge >= 0.3 is 0 Å². The Kier molecular flexibility index (Phi) is 22.5. The average Bonchev–Trinajstić information content (AvgIpc) is 4.34. The molecule has 0 saturated carbocycles. The molecule has 0 spiro atoms. The molecule has 0 bridgehead atoms. The van der Waals surface area contributed by atoms with Gasteiger partial charge in [0.25, 0.3) is 76.8 Å². The molecule has 8 heterocycles. The molecule has 0 aromatic rings. The van der Waals surface area contributed by atoms with Crippen LogP contribution in [0.2, 0.25) is 0 Å². The number of carbonyl (C=O) groups is 16. The SMILES string of the molecule is O=C1C=CC(=O)N1CCCN1C(=O)C=CC1=O.O=C1C=CC(=O)N1CCCN1C(=O)CC(OCC(COC2CC(=O)N(CCCN3C(=O)C=CC3=O)C2=O)COC2CC(=O)N(CCCN3C(=O)C=CC3=O)C2=O)C1=O.OCC(CO)CO. The van der Waals surface area contributed by atoms with E-state index in [1.54, 1.807) is 0 Å². The van der Waals surface area contributed by atoms with Crippen molar-refractivity contribution in [1.82, 2.24) is 39.2 Å². The largest absolute Gasteiger partial charge is 0.396 e. The number of ether oxygens (including phenoxy) is 3. The second kappa shape index (κ2) is 29.3. The van der Waals surface area contributed by atoms with Crippen LogP contribution in [0, 0.1) is 11.8 Å². The van der Waals surface area contributed by atoms with Crippen LogP contribution in [0.1, 0.15) is 44.9 Å². The molecule has 16 amide bonds. The first-order chi connectivity index (χ1) is 39.2. The number of aliphatic hydroxyl groups excluding tert-OH is 3. The maximum absolute atomic E-state index is 13.2. The summed E-state index contributed by atoms with van der Waals surface area (Å²) < 4.78 is 17.5. The smallest absolute Gasteiger partial charge is 0.258 e. The fraction of sp³-hybridized carbons (Fsp3) is 0.500. The third-order valence-electron chi connectivity index (χ3n) is 13.5. The highest BCUT2D eigenvalue weighted by molar-refractivity contribution is 6.15. The zero-order valence-corrected chi connectivity index (χ0v) is 44.2. The summed E-state index contributed by atoms with van der Waals surface area (Å²) in [6.07, 6.45) is 7.83. The number of imide groups is 8. The molecule has 8 aliphatic rings. The molecule has 3 N–H and O–H groups in total. The zero-order chi connectivity index (χ0) is 59.8. The molecule has 8 rings (SSSR count). The normalized spacial score (nSPS) is 21.9. The van der Waals surface area contributed by atoms with Crippen LogP contribution in [0.3, 0.4) is 0 Å². The highest BCUT2D eigenvalue weighted by atomic mass is 16.5. The predicted octanol–water partition coefficient (Wildman–Crippen LogP) is -5.21. The monoisotopic (exact) mass is 1150 g/mol. The van der Waals surface area contributed by atoms with E-state index in [2.05, 4.69) is 0 Å². The summed E-state index contributed by atoms with van der Waals surface area (Å²) >= 11 is 0. The minimum absolute atomic E-state index is 0.00577. The quantitative estimate of drug-likeness (QED) is 0.0616. The molecule has 0 aromatic carbocycles. The lowest BCUT2D eigenvalue weighted by atomic mass is 10.1. The van der Waals surface area contributed by atoms with E-state index in [0.717, 1.165) is 75.7 Å². The highest BCUT2D eigenvalue weighted by Gasteiger charge is 2.43. The number of hydrogen-bond acceptors (Lipinski definition) is 22. The topological polar surface area (TPSA) is 387 Å². The van der Waals surface area contributed by atoms with Gasteiger partial charge in [0, 0.05) is 125 Å². The Hall–Kier alpha value is -8.42. The Morgan fingerprint density at radius 1 is 0.305 bits per heavy atom. The van der Waals surface area contributed by atoms with Crippen molar-refractivity contribution in [2.75, 3.05) is 92.0 Å². The number of carbonyl (C=O) groups excluding carboxylic acids is 16. The minimum Gasteiger partial charge on any atom is -0.396 e. The summed E-state index contributed by atoms with van der Waals surface area (Å²) in [5, 5.41) is 24.6. The maximum atomic E-state index is 13.2. The summed E-state index contributed by atoms with van der Waals surface area (Å²) in [6, 6.07) is 0. The summed E-state index contributed by atoms with van der Waals surface area (Å²) in [7, 11) is 0. The van der Waals surface area contributed by atoms with Crippen molar-refractivity contribution < 1.29 is 106 Å². The van der Waals surface area contributed by atoms with Crippen LogP contribution in [0.15, 0.2) is 60.8 Å². The van der Waals surface area contributed by atoms with E-state index in [9.17, 15) is 76.7 Å². The molecule has 30 heteroatoms. The van der Waals surface area contributed by atoms with Crippen LogP contribution in [0.5, 0.6) is 0 Å². The fourth-order valence-corrected chi connectivity index (χ4v) is 8.93. The van der Waals surface area contributed by atoms with Gasteiger partial charge in [-0.2, -0.15) is 0 Å². The van der Waals surface area contributed by atoms with E-state index in [0.29, 0.717) is 6.42 Å². The van der Waals surface area contributed by atoms with Gasteiger partial charge in [0.05, 0.1) is 58.9 Å². The van der Waals surface area contributed by atoms with Crippen LogP contribution in [-0.2, 0) is 90.9 Å². The van der Waals surface area contributed by atoms with Gasteiger partial charge in [-0.05, 0) is 25.7 Å². The van der Waals surface area contributed by atoms with Gasteiger partial charge in [0.2, 0.25) is 17.7 Å². The second-order valence-corrected chi connectivity index (χ2v) is 19.2. The lowest BCUT2D eigenvalue weighted by molar-refractivity contribution is -0.146. The van der Waals surface area contributed by atoms with E-state index in [1.807, 2.05) is 0 Å². The van der Waals surface area contributed by atoms with Crippen molar-refractivity contribution in [1.29, 1.82) is 0 Å². The Morgan fingerprint density at radius 3 is 0.659 bits per heavy atom. The number of nitrogens with zero attached hydrogens (tertiary/aromatic N) is 8. The number of amides is 16. The summed E-state index contributed by atoms with van der Waals surface area (Å²) in [5.74, 6) is -9.10. The van der Waals surface area contributed by atoms with Gasteiger partial charge in [-0.3, -0.25) is 116 Å². The van der Waals surface area contributed by atoms with Crippen molar-refractivity contribution in [3.05, 3.63) is 60.8 Å². The lowest BCUT2D eigenvalue weighted by Crippen LogP contribution is -2.39. The van der Waals surface area contributed by atoms with E-state index in [1.165, 1.54) is 24.3 Å². The molecule has 0 aliphatic carbocycles. The van der Waals surface area contributed by atoms with E-state index >= 15 is 0 Å². The number of rotatable bonds is 28. The molecule has 440 valence electrons. The third kappa shape index (κ3) is 15.9. The minimum atomic E-state index is -1.21. The molecule has 3 atom stereocenters. The maximum Gasteiger partial charge on any atom is 0.258 e. The summed E-state index contributed by atoms with van der Waals surface area (Å²) in [5.41, 5.74) is 0. The van der Waals surface area contributed by atoms with E-state index < -0.39 is 95.1 Å². The molecule has 8 aliphatic heterocycles. The Morgan fingerprint density at radius 2 is 0.488 bits per heavy atom. The Balaban J connectivity index is 0.000000371. The molecular formula is C52H60N8O22. The molecule has 3 saturated heterocycles. The second-order valence-electron chi connectivity index (χ2n) is 19.2. The van der Waals surface area contributed by atoms with Crippen LogP contribution in [-0.4, -0.2) is 259 Å². The fourth-order valence-electron chi connectivity index (χ4n) is 8.93. The Labute approximate surface area is 466 Å². The average molecular weight is 1150 g/mol. The molecule has 0 radical (unpaired) electrons. The molecule has 3 fully saturated rings. The van der Waals surface area contributed by atoms with Crippen LogP contribution >= 0.6 is 0 Å². The van der Waals surface area contributed by atoms with Gasteiger partial charge in [0.15, 0.2) is 0 Å². The van der Waals surface area contributed by atoms with Gasteiger partial charge in [-0.15, -0.1) is 0 Å². The third-order valence-corrected chi connectivity index (χ3v) is 13.5. The molecule has 82 heavy (non-hydrogen) atoms.